The van der Waals surface area contributed by atoms with E-state index in [1.54, 1.807) is 18.3 Å². The highest BCUT2D eigenvalue weighted by molar-refractivity contribution is 5.66. The molecule has 0 amide bonds. The molecule has 0 aliphatic carbocycles. The standard InChI is InChI=1S/C11H13N3O2/c1-8(2-3-11(15)16)14-10-6-9(7-12)4-5-13-10/h4-6,8H,2-3H2,1H3,(H,13,14)(H,15,16). The van der Waals surface area contributed by atoms with E-state index < -0.39 is 5.97 Å². The van der Waals surface area contributed by atoms with Crippen LogP contribution in [0.3, 0.4) is 0 Å². The van der Waals surface area contributed by atoms with Crippen LogP contribution in [0.25, 0.3) is 0 Å². The molecule has 5 nitrogen and oxygen atoms in total. The zero-order valence-corrected chi connectivity index (χ0v) is 8.97. The molecule has 1 heterocycles. The van der Waals surface area contributed by atoms with Gasteiger partial charge in [-0.05, 0) is 25.5 Å². The monoisotopic (exact) mass is 219 g/mol. The van der Waals surface area contributed by atoms with Crippen LogP contribution in [-0.4, -0.2) is 22.1 Å². The largest absolute Gasteiger partial charge is 0.481 e. The molecule has 0 fully saturated rings. The Kier molecular flexibility index (Phi) is 4.28. The van der Waals surface area contributed by atoms with E-state index in [1.807, 2.05) is 13.0 Å². The average molecular weight is 219 g/mol. The van der Waals surface area contributed by atoms with Crippen molar-refractivity contribution in [2.24, 2.45) is 0 Å². The fourth-order valence-electron chi connectivity index (χ4n) is 1.24. The molecule has 0 saturated heterocycles. The molecule has 2 N–H and O–H groups in total. The summed E-state index contributed by atoms with van der Waals surface area (Å²) in [5.41, 5.74) is 0.530. The highest BCUT2D eigenvalue weighted by atomic mass is 16.4. The fraction of sp³-hybridized carbons (Fsp3) is 0.364. The zero-order valence-electron chi connectivity index (χ0n) is 8.97. The number of aliphatic carboxylic acids is 1. The van der Waals surface area contributed by atoms with Crippen LogP contribution >= 0.6 is 0 Å². The van der Waals surface area contributed by atoms with Gasteiger partial charge in [-0.15, -0.1) is 0 Å². The van der Waals surface area contributed by atoms with E-state index in [4.69, 9.17) is 10.4 Å². The maximum atomic E-state index is 10.4. The smallest absolute Gasteiger partial charge is 0.303 e. The van der Waals surface area contributed by atoms with Gasteiger partial charge in [0, 0.05) is 18.7 Å². The second kappa shape index (κ2) is 5.71. The predicted octanol–water partition coefficient (Wildman–Crippen LogP) is 1.62. The number of nitrogens with one attached hydrogen (secondary N) is 1. The van der Waals surface area contributed by atoms with Crippen LogP contribution in [0, 0.1) is 11.3 Å². The van der Waals surface area contributed by atoms with Gasteiger partial charge in [0.1, 0.15) is 5.82 Å². The first-order valence-electron chi connectivity index (χ1n) is 4.96. The van der Waals surface area contributed by atoms with Crippen molar-refractivity contribution >= 4 is 11.8 Å². The lowest BCUT2D eigenvalue weighted by atomic mass is 10.2. The van der Waals surface area contributed by atoms with E-state index in [9.17, 15) is 4.79 Å². The lowest BCUT2D eigenvalue weighted by molar-refractivity contribution is -0.137. The molecule has 0 bridgehead atoms. The van der Waals surface area contributed by atoms with E-state index in [-0.39, 0.29) is 12.5 Å². The molecule has 0 saturated carbocycles. The third-order valence-electron chi connectivity index (χ3n) is 2.07. The SMILES string of the molecule is CC(CCC(=O)O)Nc1cc(C#N)ccn1. The summed E-state index contributed by atoms with van der Waals surface area (Å²) in [5, 5.41) is 20.3. The second-order valence-corrected chi connectivity index (χ2v) is 3.52. The van der Waals surface area contributed by atoms with Gasteiger partial charge in [0.2, 0.25) is 0 Å². The summed E-state index contributed by atoms with van der Waals surface area (Å²) in [7, 11) is 0. The third kappa shape index (κ3) is 3.96. The molecule has 16 heavy (non-hydrogen) atoms. The summed E-state index contributed by atoms with van der Waals surface area (Å²) in [5.74, 6) is -0.218. The van der Waals surface area contributed by atoms with Crippen LogP contribution in [0.5, 0.6) is 0 Å². The van der Waals surface area contributed by atoms with Gasteiger partial charge in [0.25, 0.3) is 0 Å². The van der Waals surface area contributed by atoms with Crippen molar-refractivity contribution in [3.63, 3.8) is 0 Å². The molecular formula is C11H13N3O2. The fourth-order valence-corrected chi connectivity index (χ4v) is 1.24. The molecule has 0 aromatic carbocycles. The average Bonchev–Trinajstić information content (AvgIpc) is 2.26. The van der Waals surface area contributed by atoms with Crippen LogP contribution in [0.4, 0.5) is 5.82 Å². The van der Waals surface area contributed by atoms with Crippen molar-refractivity contribution in [1.29, 1.82) is 5.26 Å². The Morgan fingerprint density at radius 1 is 1.75 bits per heavy atom. The number of hydrogen-bond acceptors (Lipinski definition) is 4. The van der Waals surface area contributed by atoms with Gasteiger partial charge < -0.3 is 10.4 Å². The van der Waals surface area contributed by atoms with Crippen LogP contribution in [0.2, 0.25) is 0 Å². The number of hydrogen-bond donors (Lipinski definition) is 2. The van der Waals surface area contributed by atoms with Crippen LogP contribution < -0.4 is 5.32 Å². The maximum Gasteiger partial charge on any atom is 0.303 e. The Bertz CT molecular complexity index is 412. The highest BCUT2D eigenvalue weighted by Gasteiger charge is 2.06. The number of rotatable bonds is 5. The number of carboxylic acid groups (broad SMARTS) is 1. The van der Waals surface area contributed by atoms with Crippen molar-refractivity contribution in [2.75, 3.05) is 5.32 Å². The predicted molar refractivity (Wildman–Crippen MR) is 58.9 cm³/mol. The van der Waals surface area contributed by atoms with Crippen molar-refractivity contribution in [3.05, 3.63) is 23.9 Å². The minimum absolute atomic E-state index is 0.0116. The molecule has 5 heteroatoms. The van der Waals surface area contributed by atoms with Gasteiger partial charge in [0.05, 0.1) is 11.6 Å². The Morgan fingerprint density at radius 3 is 3.12 bits per heavy atom. The van der Waals surface area contributed by atoms with Crippen LogP contribution in [0.15, 0.2) is 18.3 Å². The Labute approximate surface area is 93.7 Å². The molecule has 1 rings (SSSR count). The normalized spacial score (nSPS) is 11.5. The number of carbonyl (C=O) groups is 1. The summed E-state index contributed by atoms with van der Waals surface area (Å²) in [6, 6.07) is 5.28. The molecule has 0 spiro atoms. The molecule has 1 atom stereocenters. The molecular weight excluding hydrogens is 206 g/mol. The summed E-state index contributed by atoms with van der Waals surface area (Å²) in [6.45, 7) is 1.88. The number of carboxylic acids is 1. The summed E-state index contributed by atoms with van der Waals surface area (Å²) in [4.78, 5) is 14.4. The summed E-state index contributed by atoms with van der Waals surface area (Å²) >= 11 is 0. The Hall–Kier alpha value is -2.09. The van der Waals surface area contributed by atoms with E-state index >= 15 is 0 Å². The first-order valence-corrected chi connectivity index (χ1v) is 4.96. The number of nitriles is 1. The van der Waals surface area contributed by atoms with E-state index in [0.717, 1.165) is 0 Å². The lowest BCUT2D eigenvalue weighted by Gasteiger charge is -2.13. The van der Waals surface area contributed by atoms with Gasteiger partial charge in [0.15, 0.2) is 0 Å². The van der Waals surface area contributed by atoms with Crippen LogP contribution in [0.1, 0.15) is 25.3 Å². The molecule has 0 aliphatic rings. The second-order valence-electron chi connectivity index (χ2n) is 3.52. The summed E-state index contributed by atoms with van der Waals surface area (Å²) in [6.07, 6.45) is 2.19. The molecule has 1 unspecified atom stereocenters. The number of aromatic nitrogens is 1. The van der Waals surface area contributed by atoms with E-state index in [2.05, 4.69) is 10.3 Å². The molecule has 0 radical (unpaired) electrons. The number of pyridine rings is 1. The molecule has 1 aromatic rings. The highest BCUT2D eigenvalue weighted by Crippen LogP contribution is 2.09. The van der Waals surface area contributed by atoms with Gasteiger partial charge in [-0.2, -0.15) is 5.26 Å². The van der Waals surface area contributed by atoms with Crippen molar-refractivity contribution in [2.45, 2.75) is 25.8 Å². The number of nitrogens with zero attached hydrogens (tertiary/aromatic N) is 2. The van der Waals surface area contributed by atoms with Gasteiger partial charge >= 0.3 is 5.97 Å². The van der Waals surface area contributed by atoms with Crippen molar-refractivity contribution in [1.82, 2.24) is 4.98 Å². The topological polar surface area (TPSA) is 86.0 Å². The van der Waals surface area contributed by atoms with Crippen LogP contribution in [-0.2, 0) is 4.79 Å². The Balaban J connectivity index is 2.52. The quantitative estimate of drug-likeness (QED) is 0.785. The van der Waals surface area contributed by atoms with E-state index in [1.165, 1.54) is 0 Å². The van der Waals surface area contributed by atoms with Gasteiger partial charge in [-0.3, -0.25) is 4.79 Å². The number of anilines is 1. The van der Waals surface area contributed by atoms with Gasteiger partial charge in [-0.1, -0.05) is 0 Å². The van der Waals surface area contributed by atoms with E-state index in [0.29, 0.717) is 17.8 Å². The Morgan fingerprint density at radius 2 is 2.50 bits per heavy atom. The maximum absolute atomic E-state index is 10.4. The molecule has 1 aromatic heterocycles. The third-order valence-corrected chi connectivity index (χ3v) is 2.07. The first-order chi connectivity index (χ1) is 7.61. The van der Waals surface area contributed by atoms with Crippen molar-refractivity contribution in [3.8, 4) is 6.07 Å². The summed E-state index contributed by atoms with van der Waals surface area (Å²) < 4.78 is 0. The van der Waals surface area contributed by atoms with Crippen molar-refractivity contribution < 1.29 is 9.90 Å². The minimum Gasteiger partial charge on any atom is -0.481 e. The molecule has 84 valence electrons. The first kappa shape index (κ1) is 12.0. The molecule has 0 aliphatic heterocycles. The zero-order chi connectivity index (χ0) is 12.0. The minimum atomic E-state index is -0.813. The lowest BCUT2D eigenvalue weighted by Crippen LogP contribution is -2.17. The van der Waals surface area contributed by atoms with Gasteiger partial charge in [-0.25, -0.2) is 4.98 Å².